The Labute approximate surface area is 151 Å². The van der Waals surface area contributed by atoms with E-state index in [-0.39, 0.29) is 11.4 Å². The predicted octanol–water partition coefficient (Wildman–Crippen LogP) is 3.19. The number of hydrogen-bond acceptors (Lipinski definition) is 4. The Morgan fingerprint density at radius 2 is 1.81 bits per heavy atom. The van der Waals surface area contributed by atoms with Gasteiger partial charge in [-0.05, 0) is 32.4 Å². The quantitative estimate of drug-likeness (QED) is 0.872. The van der Waals surface area contributed by atoms with Gasteiger partial charge in [0.15, 0.2) is 14.6 Å². The normalized spacial score (nSPS) is 27.8. The lowest BCUT2D eigenvalue weighted by Gasteiger charge is -2.40. The number of sulfone groups is 1. The Bertz CT molecular complexity index is 1020. The van der Waals surface area contributed by atoms with Gasteiger partial charge in [-0.15, -0.1) is 0 Å². The molecule has 0 saturated carbocycles. The van der Waals surface area contributed by atoms with Crippen LogP contribution in [-0.4, -0.2) is 20.0 Å². The van der Waals surface area contributed by atoms with Crippen molar-refractivity contribution in [2.75, 3.05) is 5.75 Å². The van der Waals surface area contributed by atoms with Gasteiger partial charge in [-0.25, -0.2) is 17.2 Å². The molecule has 0 aromatic heterocycles. The van der Waals surface area contributed by atoms with Gasteiger partial charge in [-0.2, -0.15) is 0 Å². The molecule has 0 radical (unpaired) electrons. The fourth-order valence-electron chi connectivity index (χ4n) is 3.41. The molecule has 2 atom stereocenters. The first kappa shape index (κ1) is 18.5. The molecule has 2 aromatic rings. The number of hydrogen-bond donors (Lipinski definition) is 1. The van der Waals surface area contributed by atoms with Gasteiger partial charge in [-0.1, -0.05) is 35.9 Å². The SMILES string of the molecule is Cc1cccc([C@@]2(C)C(N)=N[C@](C)(c3ccc(F)cc3F)CS2(=O)=O)c1. The smallest absolute Gasteiger partial charge is 0.169 e. The molecule has 3 rings (SSSR count). The number of nitrogens with zero attached hydrogens (tertiary/aromatic N) is 1. The summed E-state index contributed by atoms with van der Waals surface area (Å²) in [7, 11) is -3.84. The number of rotatable bonds is 2. The highest BCUT2D eigenvalue weighted by molar-refractivity contribution is 7.93. The maximum Gasteiger partial charge on any atom is 0.169 e. The first-order chi connectivity index (χ1) is 12.0. The summed E-state index contributed by atoms with van der Waals surface area (Å²) < 4.78 is 52.5. The van der Waals surface area contributed by atoms with E-state index in [1.807, 2.05) is 13.0 Å². The molecule has 0 amide bonds. The Morgan fingerprint density at radius 1 is 1.12 bits per heavy atom. The zero-order valence-corrected chi connectivity index (χ0v) is 15.6. The molecule has 2 aromatic carbocycles. The average molecular weight is 378 g/mol. The third-order valence-electron chi connectivity index (χ3n) is 5.03. The molecule has 26 heavy (non-hydrogen) atoms. The Balaban J connectivity index is 2.22. The maximum atomic E-state index is 14.3. The molecule has 0 unspecified atom stereocenters. The molecule has 0 aliphatic carbocycles. The van der Waals surface area contributed by atoms with Crippen molar-refractivity contribution < 1.29 is 17.2 Å². The molecule has 0 bridgehead atoms. The number of aliphatic imine (C=N–C) groups is 1. The Morgan fingerprint density at radius 3 is 2.38 bits per heavy atom. The van der Waals surface area contributed by atoms with E-state index in [9.17, 15) is 17.2 Å². The van der Waals surface area contributed by atoms with Crippen LogP contribution in [0.2, 0.25) is 0 Å². The first-order valence-corrected chi connectivity index (χ1v) is 9.76. The lowest BCUT2D eigenvalue weighted by Crippen LogP contribution is -2.54. The van der Waals surface area contributed by atoms with Crippen LogP contribution >= 0.6 is 0 Å². The lowest BCUT2D eigenvalue weighted by atomic mass is 9.91. The minimum atomic E-state index is -3.84. The van der Waals surface area contributed by atoms with Gasteiger partial charge in [0.1, 0.15) is 23.0 Å². The van der Waals surface area contributed by atoms with E-state index >= 15 is 0 Å². The van der Waals surface area contributed by atoms with Crippen molar-refractivity contribution >= 4 is 15.7 Å². The van der Waals surface area contributed by atoms with Crippen molar-refractivity contribution in [3.63, 3.8) is 0 Å². The van der Waals surface area contributed by atoms with Gasteiger partial charge in [0, 0.05) is 11.6 Å². The number of aryl methyl sites for hydroxylation is 1. The molecular formula is C19H20F2N2O2S. The van der Waals surface area contributed by atoms with Crippen LogP contribution in [0.15, 0.2) is 47.5 Å². The van der Waals surface area contributed by atoms with Crippen LogP contribution in [0, 0.1) is 18.6 Å². The number of amidine groups is 1. The van der Waals surface area contributed by atoms with E-state index < -0.39 is 37.5 Å². The molecule has 2 N–H and O–H groups in total. The summed E-state index contributed by atoms with van der Waals surface area (Å²) in [5.74, 6) is -2.14. The molecule has 0 fully saturated rings. The second-order valence-electron chi connectivity index (χ2n) is 7.06. The van der Waals surface area contributed by atoms with Crippen molar-refractivity contribution in [1.82, 2.24) is 0 Å². The second-order valence-corrected chi connectivity index (χ2v) is 9.39. The van der Waals surface area contributed by atoms with E-state index in [1.165, 1.54) is 19.9 Å². The molecule has 0 saturated heterocycles. The Kier molecular flexibility index (Phi) is 4.18. The molecule has 1 aliphatic rings. The highest BCUT2D eigenvalue weighted by Crippen LogP contribution is 2.42. The summed E-state index contributed by atoms with van der Waals surface area (Å²) in [6.45, 7) is 4.85. The fraction of sp³-hybridized carbons (Fsp3) is 0.316. The molecular weight excluding hydrogens is 358 g/mol. The van der Waals surface area contributed by atoms with Crippen LogP contribution < -0.4 is 5.73 Å². The zero-order chi connectivity index (χ0) is 19.3. The summed E-state index contributed by atoms with van der Waals surface area (Å²) in [5, 5.41) is 0. The largest absolute Gasteiger partial charge is 0.386 e. The number of benzene rings is 2. The van der Waals surface area contributed by atoms with Crippen molar-refractivity contribution in [2.24, 2.45) is 10.7 Å². The van der Waals surface area contributed by atoms with Crippen molar-refractivity contribution in [1.29, 1.82) is 0 Å². The molecule has 0 spiro atoms. The number of nitrogens with two attached hydrogens (primary N) is 1. The lowest BCUT2D eigenvalue weighted by molar-refractivity contribution is 0.469. The monoisotopic (exact) mass is 378 g/mol. The van der Waals surface area contributed by atoms with Gasteiger partial charge in [0.05, 0.1) is 5.75 Å². The number of halogens is 2. The molecule has 1 aliphatic heterocycles. The van der Waals surface area contributed by atoms with Gasteiger partial charge in [0.2, 0.25) is 0 Å². The topological polar surface area (TPSA) is 72.5 Å². The molecule has 138 valence electrons. The third kappa shape index (κ3) is 2.70. The Hall–Kier alpha value is -2.28. The van der Waals surface area contributed by atoms with E-state index in [2.05, 4.69) is 4.99 Å². The fourth-order valence-corrected chi connectivity index (χ4v) is 5.51. The maximum absolute atomic E-state index is 14.3. The van der Waals surface area contributed by atoms with Crippen molar-refractivity contribution in [3.8, 4) is 0 Å². The van der Waals surface area contributed by atoms with Crippen molar-refractivity contribution in [3.05, 3.63) is 70.8 Å². The second kappa shape index (κ2) is 5.87. The minimum absolute atomic E-state index is 0.00304. The third-order valence-corrected chi connectivity index (χ3v) is 7.66. The molecule has 7 heteroatoms. The summed E-state index contributed by atoms with van der Waals surface area (Å²) in [6, 6.07) is 10.1. The van der Waals surface area contributed by atoms with Gasteiger partial charge >= 0.3 is 0 Å². The summed E-state index contributed by atoms with van der Waals surface area (Å²) in [5.41, 5.74) is 6.12. The highest BCUT2D eigenvalue weighted by atomic mass is 32.2. The van der Waals surface area contributed by atoms with Crippen LogP contribution in [0.5, 0.6) is 0 Å². The molecule has 4 nitrogen and oxygen atoms in total. The predicted molar refractivity (Wildman–Crippen MR) is 97.7 cm³/mol. The zero-order valence-electron chi connectivity index (χ0n) is 14.8. The minimum Gasteiger partial charge on any atom is -0.386 e. The van der Waals surface area contributed by atoms with Crippen LogP contribution in [0.4, 0.5) is 8.78 Å². The van der Waals surface area contributed by atoms with Gasteiger partial charge in [0.25, 0.3) is 0 Å². The van der Waals surface area contributed by atoms with Crippen LogP contribution in [-0.2, 0) is 20.1 Å². The van der Waals surface area contributed by atoms with E-state index in [4.69, 9.17) is 5.73 Å². The first-order valence-electron chi connectivity index (χ1n) is 8.10. The van der Waals surface area contributed by atoms with Crippen molar-refractivity contribution in [2.45, 2.75) is 31.1 Å². The van der Waals surface area contributed by atoms with E-state index in [1.54, 1.807) is 18.2 Å². The molecule has 1 heterocycles. The highest BCUT2D eigenvalue weighted by Gasteiger charge is 2.53. The van der Waals surface area contributed by atoms with Crippen LogP contribution in [0.1, 0.15) is 30.5 Å². The average Bonchev–Trinajstić information content (AvgIpc) is 2.51. The summed E-state index contributed by atoms with van der Waals surface area (Å²) >= 11 is 0. The van der Waals surface area contributed by atoms with Gasteiger partial charge in [-0.3, -0.25) is 4.99 Å². The summed E-state index contributed by atoms with van der Waals surface area (Å²) in [4.78, 5) is 4.38. The van der Waals surface area contributed by atoms with Crippen LogP contribution in [0.3, 0.4) is 0 Å². The standard InChI is InChI=1S/C19H20F2N2O2S/c1-12-5-4-6-13(9-12)19(3)17(22)23-18(2,11-26(19,24)25)15-8-7-14(20)10-16(15)21/h4-10H,11H2,1-3H3,(H2,22,23)/t18-,19-/m0/s1. The summed E-state index contributed by atoms with van der Waals surface area (Å²) in [6.07, 6.45) is 0. The van der Waals surface area contributed by atoms with E-state index in [0.717, 1.165) is 11.6 Å². The van der Waals surface area contributed by atoms with Crippen LogP contribution in [0.25, 0.3) is 0 Å². The van der Waals surface area contributed by atoms with E-state index in [0.29, 0.717) is 11.6 Å². The van der Waals surface area contributed by atoms with Gasteiger partial charge < -0.3 is 5.73 Å².